The van der Waals surface area contributed by atoms with Crippen LogP contribution in [0.3, 0.4) is 0 Å². The fraction of sp³-hybridized carbons (Fsp3) is 0.250. The minimum absolute atomic E-state index is 0.0434. The first-order valence-electron chi connectivity index (χ1n) is 6.56. The van der Waals surface area contributed by atoms with E-state index in [0.29, 0.717) is 11.3 Å². The number of nitro benzene ring substituents is 1. The van der Waals surface area contributed by atoms with Crippen LogP contribution in [0.1, 0.15) is 22.3 Å². The summed E-state index contributed by atoms with van der Waals surface area (Å²) in [5, 5.41) is 20.3. The molecule has 110 valence electrons. The molecule has 2 aromatic rings. The quantitative estimate of drug-likeness (QED) is 0.685. The number of hydrogen-bond acceptors (Lipinski definition) is 4. The standard InChI is InChI=1S/C16H17NO4/c1-10-6-12(3)16(14(7-10)17(19)20)21-15-5-4-13(9-18)8-11(15)2/h4-8,18H,9H2,1-3H3. The predicted molar refractivity (Wildman–Crippen MR) is 79.7 cm³/mol. The molecule has 0 aliphatic carbocycles. The largest absolute Gasteiger partial charge is 0.450 e. The van der Waals surface area contributed by atoms with Crippen molar-refractivity contribution in [3.05, 3.63) is 62.7 Å². The van der Waals surface area contributed by atoms with Gasteiger partial charge in [-0.1, -0.05) is 18.2 Å². The molecule has 21 heavy (non-hydrogen) atoms. The van der Waals surface area contributed by atoms with Crippen LogP contribution in [0.25, 0.3) is 0 Å². The molecule has 5 nitrogen and oxygen atoms in total. The zero-order chi connectivity index (χ0) is 15.6. The summed E-state index contributed by atoms with van der Waals surface area (Å²) in [6.07, 6.45) is 0. The number of aliphatic hydroxyl groups is 1. The molecule has 5 heteroatoms. The van der Waals surface area contributed by atoms with Gasteiger partial charge in [0.05, 0.1) is 11.5 Å². The normalized spacial score (nSPS) is 10.5. The fourth-order valence-corrected chi connectivity index (χ4v) is 2.23. The van der Waals surface area contributed by atoms with Gasteiger partial charge in [0.25, 0.3) is 0 Å². The first kappa shape index (κ1) is 15.0. The van der Waals surface area contributed by atoms with E-state index in [1.807, 2.05) is 19.9 Å². The van der Waals surface area contributed by atoms with Gasteiger partial charge >= 0.3 is 5.69 Å². The SMILES string of the molecule is Cc1cc(C)c(Oc2ccc(CO)cc2C)c([N+](=O)[O-])c1. The molecule has 2 rings (SSSR count). The lowest BCUT2D eigenvalue weighted by atomic mass is 10.1. The van der Waals surface area contributed by atoms with Gasteiger partial charge in [0.1, 0.15) is 5.75 Å². The fourth-order valence-electron chi connectivity index (χ4n) is 2.23. The summed E-state index contributed by atoms with van der Waals surface area (Å²) < 4.78 is 5.76. The first-order valence-corrected chi connectivity index (χ1v) is 6.56. The average molecular weight is 287 g/mol. The molecular formula is C16H17NO4. The molecule has 0 heterocycles. The van der Waals surface area contributed by atoms with Crippen LogP contribution in [-0.4, -0.2) is 10.0 Å². The molecule has 0 unspecified atom stereocenters. The van der Waals surface area contributed by atoms with Gasteiger partial charge in [-0.3, -0.25) is 10.1 Å². The van der Waals surface area contributed by atoms with E-state index in [1.165, 1.54) is 6.07 Å². The van der Waals surface area contributed by atoms with Crippen LogP contribution < -0.4 is 4.74 Å². The third-order valence-electron chi connectivity index (χ3n) is 3.23. The van der Waals surface area contributed by atoms with Crippen molar-refractivity contribution < 1.29 is 14.8 Å². The number of aliphatic hydroxyl groups excluding tert-OH is 1. The van der Waals surface area contributed by atoms with Gasteiger partial charge in [0, 0.05) is 6.07 Å². The zero-order valence-corrected chi connectivity index (χ0v) is 12.2. The maximum Gasteiger partial charge on any atom is 0.312 e. The van der Waals surface area contributed by atoms with Crippen molar-refractivity contribution in [3.8, 4) is 11.5 Å². The van der Waals surface area contributed by atoms with E-state index >= 15 is 0 Å². The Morgan fingerprint density at radius 3 is 2.43 bits per heavy atom. The highest BCUT2D eigenvalue weighted by Crippen LogP contribution is 2.36. The lowest BCUT2D eigenvalue weighted by molar-refractivity contribution is -0.385. The van der Waals surface area contributed by atoms with Gasteiger partial charge in [-0.15, -0.1) is 0 Å². The maximum absolute atomic E-state index is 11.2. The topological polar surface area (TPSA) is 72.6 Å². The second kappa shape index (κ2) is 5.93. The summed E-state index contributed by atoms with van der Waals surface area (Å²) in [4.78, 5) is 10.8. The van der Waals surface area contributed by atoms with Gasteiger partial charge in [-0.2, -0.15) is 0 Å². The monoisotopic (exact) mass is 287 g/mol. The van der Waals surface area contributed by atoms with Crippen molar-refractivity contribution >= 4 is 5.69 Å². The zero-order valence-electron chi connectivity index (χ0n) is 12.2. The van der Waals surface area contributed by atoms with Gasteiger partial charge in [0.15, 0.2) is 0 Å². The summed E-state index contributed by atoms with van der Waals surface area (Å²) in [6.45, 7) is 5.38. The van der Waals surface area contributed by atoms with Crippen molar-refractivity contribution in [2.24, 2.45) is 0 Å². The Hall–Kier alpha value is -2.40. The van der Waals surface area contributed by atoms with E-state index in [1.54, 1.807) is 25.1 Å². The Morgan fingerprint density at radius 2 is 1.86 bits per heavy atom. The third-order valence-corrected chi connectivity index (χ3v) is 3.23. The number of aryl methyl sites for hydroxylation is 3. The van der Waals surface area contributed by atoms with Crippen LogP contribution in [0.2, 0.25) is 0 Å². The molecule has 0 aliphatic heterocycles. The highest BCUT2D eigenvalue weighted by Gasteiger charge is 2.19. The van der Waals surface area contributed by atoms with Crippen molar-refractivity contribution in [1.29, 1.82) is 0 Å². The summed E-state index contributed by atoms with van der Waals surface area (Å²) >= 11 is 0. The van der Waals surface area contributed by atoms with E-state index in [2.05, 4.69) is 0 Å². The molecular weight excluding hydrogens is 270 g/mol. The van der Waals surface area contributed by atoms with E-state index in [-0.39, 0.29) is 18.0 Å². The molecule has 0 saturated carbocycles. The van der Waals surface area contributed by atoms with Crippen molar-refractivity contribution in [2.45, 2.75) is 27.4 Å². The van der Waals surface area contributed by atoms with E-state index < -0.39 is 4.92 Å². The van der Waals surface area contributed by atoms with Crippen LogP contribution >= 0.6 is 0 Å². The van der Waals surface area contributed by atoms with E-state index in [9.17, 15) is 10.1 Å². The van der Waals surface area contributed by atoms with Crippen LogP contribution in [-0.2, 0) is 6.61 Å². The van der Waals surface area contributed by atoms with Crippen molar-refractivity contribution in [1.82, 2.24) is 0 Å². The summed E-state index contributed by atoms with van der Waals surface area (Å²) in [5.74, 6) is 0.799. The van der Waals surface area contributed by atoms with Crippen LogP contribution in [0.4, 0.5) is 5.69 Å². The molecule has 0 aliphatic rings. The second-order valence-electron chi connectivity index (χ2n) is 5.05. The van der Waals surface area contributed by atoms with Gasteiger partial charge in [0.2, 0.25) is 5.75 Å². The highest BCUT2D eigenvalue weighted by atomic mass is 16.6. The molecule has 0 fully saturated rings. The smallest absolute Gasteiger partial charge is 0.312 e. The molecule has 0 bridgehead atoms. The van der Waals surface area contributed by atoms with Gasteiger partial charge in [-0.25, -0.2) is 0 Å². The lowest BCUT2D eigenvalue weighted by Crippen LogP contribution is -1.98. The van der Waals surface area contributed by atoms with Crippen LogP contribution in [0.15, 0.2) is 30.3 Å². The molecule has 0 saturated heterocycles. The first-order chi connectivity index (χ1) is 9.92. The van der Waals surface area contributed by atoms with Crippen LogP contribution in [0, 0.1) is 30.9 Å². The summed E-state index contributed by atoms with van der Waals surface area (Å²) in [6, 6.07) is 8.59. The number of nitrogens with zero attached hydrogens (tertiary/aromatic N) is 1. The highest BCUT2D eigenvalue weighted by molar-refractivity contribution is 5.56. The van der Waals surface area contributed by atoms with Crippen molar-refractivity contribution in [3.63, 3.8) is 0 Å². The third kappa shape index (κ3) is 3.20. The number of rotatable bonds is 4. The summed E-state index contributed by atoms with van der Waals surface area (Å²) in [7, 11) is 0. The number of ether oxygens (including phenoxy) is 1. The van der Waals surface area contributed by atoms with E-state index in [4.69, 9.17) is 9.84 Å². The van der Waals surface area contributed by atoms with Crippen molar-refractivity contribution in [2.75, 3.05) is 0 Å². The summed E-state index contributed by atoms with van der Waals surface area (Å²) in [5.41, 5.74) is 3.08. The number of nitro groups is 1. The lowest BCUT2D eigenvalue weighted by Gasteiger charge is -2.12. The second-order valence-corrected chi connectivity index (χ2v) is 5.05. The Balaban J connectivity index is 2.46. The molecule has 0 spiro atoms. The number of benzene rings is 2. The Morgan fingerprint density at radius 1 is 1.14 bits per heavy atom. The molecule has 1 N–H and O–H groups in total. The van der Waals surface area contributed by atoms with E-state index in [0.717, 1.165) is 16.7 Å². The minimum Gasteiger partial charge on any atom is -0.450 e. The average Bonchev–Trinajstić information content (AvgIpc) is 2.42. The van der Waals surface area contributed by atoms with Gasteiger partial charge < -0.3 is 9.84 Å². The molecule has 0 amide bonds. The van der Waals surface area contributed by atoms with Crippen LogP contribution in [0.5, 0.6) is 11.5 Å². The minimum atomic E-state index is -0.438. The molecule has 0 atom stereocenters. The molecule has 0 aromatic heterocycles. The molecule has 0 radical (unpaired) electrons. The Labute approximate surface area is 123 Å². The predicted octanol–water partition coefficient (Wildman–Crippen LogP) is 3.80. The number of hydrogen-bond donors (Lipinski definition) is 1. The van der Waals surface area contributed by atoms with Gasteiger partial charge in [-0.05, 0) is 49.1 Å². The Bertz CT molecular complexity index is 695. The Kier molecular flexibility index (Phi) is 4.23. The molecule has 2 aromatic carbocycles. The maximum atomic E-state index is 11.2.